The van der Waals surface area contributed by atoms with Crippen molar-refractivity contribution in [1.29, 1.82) is 5.26 Å². The summed E-state index contributed by atoms with van der Waals surface area (Å²) in [5.74, 6) is 1.84. The van der Waals surface area contributed by atoms with Crippen molar-refractivity contribution in [3.05, 3.63) is 17.7 Å². The highest BCUT2D eigenvalue weighted by Gasteiger charge is 2.31. The minimum Gasteiger partial charge on any atom is -0.496 e. The van der Waals surface area contributed by atoms with E-state index in [0.29, 0.717) is 23.3 Å². The van der Waals surface area contributed by atoms with Gasteiger partial charge in [0.1, 0.15) is 11.8 Å². The Hall–Kier alpha value is -1.97. The van der Waals surface area contributed by atoms with Crippen LogP contribution in [0.25, 0.3) is 0 Å². The fourth-order valence-electron chi connectivity index (χ4n) is 3.34. The smallest absolute Gasteiger partial charge is 0.164 e. The molecule has 132 valence electrons. The van der Waals surface area contributed by atoms with Gasteiger partial charge in [-0.1, -0.05) is 6.92 Å². The highest BCUT2D eigenvalue weighted by molar-refractivity contribution is 5.53. The predicted molar refractivity (Wildman–Crippen MR) is 92.7 cm³/mol. The number of piperazine rings is 1. The molecule has 0 aliphatic carbocycles. The van der Waals surface area contributed by atoms with Crippen LogP contribution in [0.15, 0.2) is 12.1 Å². The van der Waals surface area contributed by atoms with E-state index in [4.69, 9.17) is 14.2 Å². The SMILES string of the molecule is CCN1CCN(C(C#N)c2cc(OC)c(OC)cc2OC)CC1C. The molecule has 1 aromatic rings. The molecule has 0 saturated carbocycles. The van der Waals surface area contributed by atoms with Crippen molar-refractivity contribution >= 4 is 0 Å². The molecule has 1 aliphatic rings. The summed E-state index contributed by atoms with van der Waals surface area (Å²) in [4.78, 5) is 4.64. The average Bonchev–Trinajstić information content (AvgIpc) is 2.61. The summed E-state index contributed by atoms with van der Waals surface area (Å²) in [6.45, 7) is 8.08. The largest absolute Gasteiger partial charge is 0.496 e. The number of methoxy groups -OCH3 is 3. The molecule has 2 rings (SSSR count). The molecule has 1 saturated heterocycles. The maximum absolute atomic E-state index is 9.82. The zero-order valence-electron chi connectivity index (χ0n) is 15.2. The Balaban J connectivity index is 2.35. The van der Waals surface area contributed by atoms with E-state index in [2.05, 4.69) is 29.7 Å². The van der Waals surface area contributed by atoms with Crippen LogP contribution in [0, 0.1) is 11.3 Å². The third kappa shape index (κ3) is 3.58. The van der Waals surface area contributed by atoms with Gasteiger partial charge in [0.05, 0.1) is 27.4 Å². The molecule has 24 heavy (non-hydrogen) atoms. The molecule has 0 radical (unpaired) electrons. The van der Waals surface area contributed by atoms with Gasteiger partial charge in [-0.05, 0) is 19.5 Å². The van der Waals surface area contributed by atoms with Crippen LogP contribution in [0.2, 0.25) is 0 Å². The summed E-state index contributed by atoms with van der Waals surface area (Å²) in [6, 6.07) is 6.12. The van der Waals surface area contributed by atoms with Crippen molar-refractivity contribution in [2.45, 2.75) is 25.9 Å². The Morgan fingerprint density at radius 2 is 1.75 bits per heavy atom. The number of nitrogens with zero attached hydrogens (tertiary/aromatic N) is 3. The molecule has 0 N–H and O–H groups in total. The van der Waals surface area contributed by atoms with Gasteiger partial charge < -0.3 is 14.2 Å². The molecule has 1 aliphatic heterocycles. The van der Waals surface area contributed by atoms with E-state index in [9.17, 15) is 5.26 Å². The monoisotopic (exact) mass is 333 g/mol. The van der Waals surface area contributed by atoms with Crippen LogP contribution in [-0.2, 0) is 0 Å². The summed E-state index contributed by atoms with van der Waals surface area (Å²) in [5.41, 5.74) is 0.815. The first-order valence-corrected chi connectivity index (χ1v) is 8.27. The zero-order valence-corrected chi connectivity index (χ0v) is 15.2. The highest BCUT2D eigenvalue weighted by atomic mass is 16.5. The fourth-order valence-corrected chi connectivity index (χ4v) is 3.34. The first-order valence-electron chi connectivity index (χ1n) is 8.27. The van der Waals surface area contributed by atoms with Gasteiger partial charge in [0, 0.05) is 37.3 Å². The number of hydrogen-bond acceptors (Lipinski definition) is 6. The first-order chi connectivity index (χ1) is 11.6. The van der Waals surface area contributed by atoms with Gasteiger partial charge in [0.15, 0.2) is 11.5 Å². The van der Waals surface area contributed by atoms with Gasteiger partial charge in [-0.15, -0.1) is 0 Å². The van der Waals surface area contributed by atoms with E-state index in [1.165, 1.54) is 0 Å². The molecule has 6 heteroatoms. The van der Waals surface area contributed by atoms with E-state index < -0.39 is 0 Å². The Labute approximate surface area is 144 Å². The highest BCUT2D eigenvalue weighted by Crippen LogP contribution is 2.39. The molecular weight excluding hydrogens is 306 g/mol. The van der Waals surface area contributed by atoms with E-state index in [1.807, 2.05) is 6.07 Å². The van der Waals surface area contributed by atoms with E-state index in [1.54, 1.807) is 27.4 Å². The molecule has 1 aromatic carbocycles. The molecule has 1 fully saturated rings. The van der Waals surface area contributed by atoms with Crippen molar-refractivity contribution in [2.75, 3.05) is 47.5 Å². The Bertz CT molecular complexity index is 600. The third-order valence-electron chi connectivity index (χ3n) is 4.72. The first kappa shape index (κ1) is 18.4. The van der Waals surface area contributed by atoms with Gasteiger partial charge in [-0.3, -0.25) is 9.80 Å². The van der Waals surface area contributed by atoms with E-state index >= 15 is 0 Å². The number of rotatable bonds is 6. The maximum Gasteiger partial charge on any atom is 0.164 e. The summed E-state index contributed by atoms with van der Waals surface area (Å²) in [5, 5.41) is 9.82. The minimum absolute atomic E-state index is 0.374. The molecule has 1 heterocycles. The van der Waals surface area contributed by atoms with Crippen molar-refractivity contribution in [2.24, 2.45) is 0 Å². The van der Waals surface area contributed by atoms with Crippen molar-refractivity contribution in [3.63, 3.8) is 0 Å². The number of nitriles is 1. The van der Waals surface area contributed by atoms with Crippen molar-refractivity contribution in [3.8, 4) is 23.3 Å². The number of hydrogen-bond donors (Lipinski definition) is 0. The summed E-state index contributed by atoms with van der Waals surface area (Å²) < 4.78 is 16.2. The summed E-state index contributed by atoms with van der Waals surface area (Å²) >= 11 is 0. The van der Waals surface area contributed by atoms with Crippen LogP contribution < -0.4 is 14.2 Å². The van der Waals surface area contributed by atoms with Crippen molar-refractivity contribution in [1.82, 2.24) is 9.80 Å². The molecule has 0 spiro atoms. The van der Waals surface area contributed by atoms with Crippen LogP contribution >= 0.6 is 0 Å². The molecule has 2 unspecified atom stereocenters. The van der Waals surface area contributed by atoms with Gasteiger partial charge in [0.25, 0.3) is 0 Å². The summed E-state index contributed by atoms with van der Waals surface area (Å²) in [7, 11) is 4.79. The summed E-state index contributed by atoms with van der Waals surface area (Å²) in [6.07, 6.45) is 0. The van der Waals surface area contributed by atoms with Gasteiger partial charge in [0.2, 0.25) is 0 Å². The lowest BCUT2D eigenvalue weighted by molar-refractivity contribution is 0.0723. The Morgan fingerprint density at radius 1 is 1.12 bits per heavy atom. The second-order valence-corrected chi connectivity index (χ2v) is 5.95. The van der Waals surface area contributed by atoms with E-state index in [-0.39, 0.29) is 6.04 Å². The maximum atomic E-state index is 9.82. The van der Waals surface area contributed by atoms with Gasteiger partial charge in [-0.25, -0.2) is 0 Å². The third-order valence-corrected chi connectivity index (χ3v) is 4.72. The molecule has 6 nitrogen and oxygen atoms in total. The molecule has 0 aromatic heterocycles. The van der Waals surface area contributed by atoms with Gasteiger partial charge >= 0.3 is 0 Å². The minimum atomic E-state index is -0.374. The lowest BCUT2D eigenvalue weighted by atomic mass is 10.0. The second kappa shape index (κ2) is 8.22. The predicted octanol–water partition coefficient (Wildman–Crippen LogP) is 2.30. The van der Waals surface area contributed by atoms with Crippen LogP contribution in [0.1, 0.15) is 25.5 Å². The molecule has 2 atom stereocenters. The van der Waals surface area contributed by atoms with Crippen molar-refractivity contribution < 1.29 is 14.2 Å². The Morgan fingerprint density at radius 3 is 2.25 bits per heavy atom. The lowest BCUT2D eigenvalue weighted by Crippen LogP contribution is -2.52. The lowest BCUT2D eigenvalue weighted by Gasteiger charge is -2.41. The Kier molecular flexibility index (Phi) is 6.29. The average molecular weight is 333 g/mol. The van der Waals surface area contributed by atoms with Crippen LogP contribution in [0.4, 0.5) is 0 Å². The van der Waals surface area contributed by atoms with Crippen LogP contribution in [0.5, 0.6) is 17.2 Å². The zero-order chi connectivity index (χ0) is 17.7. The van der Waals surface area contributed by atoms with Crippen LogP contribution in [0.3, 0.4) is 0 Å². The number of ether oxygens (including phenoxy) is 3. The van der Waals surface area contributed by atoms with E-state index in [0.717, 1.165) is 31.7 Å². The molecule has 0 bridgehead atoms. The number of likely N-dealkylation sites (N-methyl/N-ethyl adjacent to an activating group) is 1. The normalized spacial score (nSPS) is 20.2. The standard InChI is InChI=1S/C18H27N3O3/c1-6-20-7-8-21(12-13(20)2)15(11-19)14-9-17(23-4)18(24-5)10-16(14)22-3/h9-10,13,15H,6-8,12H2,1-5H3. The van der Waals surface area contributed by atoms with Gasteiger partial charge in [-0.2, -0.15) is 5.26 Å². The second-order valence-electron chi connectivity index (χ2n) is 5.95. The van der Waals surface area contributed by atoms with Crippen LogP contribution in [-0.4, -0.2) is 63.4 Å². The number of benzene rings is 1. The topological polar surface area (TPSA) is 58.0 Å². The quantitative estimate of drug-likeness (QED) is 0.796. The molecule has 0 amide bonds. The fraction of sp³-hybridized carbons (Fsp3) is 0.611. The molecular formula is C18H27N3O3.